The number of ether oxygens (including phenoxy) is 2. The molecule has 2 amide bonds. The second-order valence-electron chi connectivity index (χ2n) is 6.33. The Bertz CT molecular complexity index is 909. The van der Waals surface area contributed by atoms with Crippen LogP contribution in [0.2, 0.25) is 5.02 Å². The van der Waals surface area contributed by atoms with Gasteiger partial charge in [-0.15, -0.1) is 0 Å². The van der Waals surface area contributed by atoms with Crippen LogP contribution < -0.4 is 4.74 Å². The van der Waals surface area contributed by atoms with Crippen molar-refractivity contribution in [3.05, 3.63) is 64.0 Å². The van der Waals surface area contributed by atoms with Gasteiger partial charge in [-0.05, 0) is 55.3 Å². The first kappa shape index (κ1) is 21.4. The first-order valence-corrected chi connectivity index (χ1v) is 10.5. The van der Waals surface area contributed by atoms with Crippen molar-refractivity contribution in [1.82, 2.24) is 4.90 Å². The fourth-order valence-electron chi connectivity index (χ4n) is 2.98. The summed E-state index contributed by atoms with van der Waals surface area (Å²) in [6, 6.07) is 14.4. The minimum atomic E-state index is -0.285. The molecule has 1 aliphatic rings. The van der Waals surface area contributed by atoms with Gasteiger partial charge in [-0.2, -0.15) is 0 Å². The number of benzene rings is 2. The van der Waals surface area contributed by atoms with E-state index >= 15 is 0 Å². The Balaban J connectivity index is 1.95. The van der Waals surface area contributed by atoms with Crippen LogP contribution >= 0.6 is 23.4 Å². The fourth-order valence-corrected chi connectivity index (χ4v) is 4.12. The van der Waals surface area contributed by atoms with Crippen molar-refractivity contribution < 1.29 is 19.1 Å². The van der Waals surface area contributed by atoms with Gasteiger partial charge in [0.1, 0.15) is 5.75 Å². The third-order valence-electron chi connectivity index (χ3n) is 4.34. The van der Waals surface area contributed by atoms with E-state index in [2.05, 4.69) is 0 Å². The molecule has 7 heteroatoms. The van der Waals surface area contributed by atoms with Crippen molar-refractivity contribution in [2.75, 3.05) is 26.9 Å². The third kappa shape index (κ3) is 5.01. The summed E-state index contributed by atoms with van der Waals surface area (Å²) in [6.07, 6.45) is 0.587. The predicted octanol–water partition coefficient (Wildman–Crippen LogP) is 4.65. The minimum absolute atomic E-state index is 0.282. The van der Waals surface area contributed by atoms with Crippen molar-refractivity contribution in [3.8, 4) is 5.75 Å². The molecule has 152 valence electrons. The van der Waals surface area contributed by atoms with E-state index in [1.54, 1.807) is 19.2 Å². The molecular formula is C22H22ClNO4S. The largest absolute Gasteiger partial charge is 0.494 e. The number of amides is 2. The average molecular weight is 432 g/mol. The van der Waals surface area contributed by atoms with E-state index < -0.39 is 0 Å². The van der Waals surface area contributed by atoms with Crippen LogP contribution in [-0.4, -0.2) is 43.6 Å². The second kappa shape index (κ2) is 9.96. The molecule has 2 aromatic carbocycles. The van der Waals surface area contributed by atoms with Gasteiger partial charge < -0.3 is 9.47 Å². The summed E-state index contributed by atoms with van der Waals surface area (Å²) in [7, 11) is 1.60. The van der Waals surface area contributed by atoms with Crippen LogP contribution in [0.25, 0.3) is 5.57 Å². The average Bonchev–Trinajstić information content (AvgIpc) is 2.95. The molecular weight excluding hydrogens is 410 g/mol. The Labute approximate surface area is 179 Å². The zero-order valence-electron chi connectivity index (χ0n) is 16.3. The van der Waals surface area contributed by atoms with Gasteiger partial charge in [-0.1, -0.05) is 35.5 Å². The molecule has 3 rings (SSSR count). The summed E-state index contributed by atoms with van der Waals surface area (Å²) in [4.78, 5) is 28.7. The van der Waals surface area contributed by atoms with Crippen molar-refractivity contribution in [2.24, 2.45) is 0 Å². The lowest BCUT2D eigenvalue weighted by atomic mass is 10.1. The summed E-state index contributed by atoms with van der Waals surface area (Å²) >= 11 is 7.24. The van der Waals surface area contributed by atoms with E-state index in [9.17, 15) is 9.59 Å². The number of carbonyl (C=O) groups excluding carboxylic acids is 2. The summed E-state index contributed by atoms with van der Waals surface area (Å²) in [5, 5.41) is 0.616. The Hall–Kier alpha value is -2.28. The standard InChI is InChI=1S/C22H22ClNO4S/c1-3-28-17-9-5-15(6-10-17)19-20(29-18-11-7-16(23)8-12-18)22(26)24(21(19)25)13-4-14-27-2/h5-12H,3-4,13-14H2,1-2H3. The lowest BCUT2D eigenvalue weighted by Gasteiger charge is -2.14. The Kier molecular flexibility index (Phi) is 7.36. The van der Waals surface area contributed by atoms with Crippen LogP contribution in [0.5, 0.6) is 5.75 Å². The number of nitrogens with zero attached hydrogens (tertiary/aromatic N) is 1. The molecule has 0 aromatic heterocycles. The molecule has 1 aliphatic heterocycles. The number of methoxy groups -OCH3 is 1. The number of hydrogen-bond acceptors (Lipinski definition) is 5. The molecule has 0 spiro atoms. The van der Waals surface area contributed by atoms with E-state index in [0.29, 0.717) is 47.2 Å². The molecule has 1 heterocycles. The van der Waals surface area contributed by atoms with Crippen molar-refractivity contribution in [2.45, 2.75) is 18.2 Å². The minimum Gasteiger partial charge on any atom is -0.494 e. The highest BCUT2D eigenvalue weighted by atomic mass is 35.5. The first-order valence-electron chi connectivity index (χ1n) is 9.31. The van der Waals surface area contributed by atoms with Gasteiger partial charge >= 0.3 is 0 Å². The summed E-state index contributed by atoms with van der Waals surface area (Å²) in [5.74, 6) is 0.152. The van der Waals surface area contributed by atoms with Crippen LogP contribution in [0.4, 0.5) is 0 Å². The quantitative estimate of drug-likeness (QED) is 0.427. The van der Waals surface area contributed by atoms with Gasteiger partial charge in [-0.25, -0.2) is 0 Å². The molecule has 0 atom stereocenters. The molecule has 0 aliphatic carbocycles. The lowest BCUT2D eigenvalue weighted by Crippen LogP contribution is -2.33. The summed E-state index contributed by atoms with van der Waals surface area (Å²) < 4.78 is 10.5. The highest BCUT2D eigenvalue weighted by Gasteiger charge is 2.39. The molecule has 0 saturated carbocycles. The predicted molar refractivity (Wildman–Crippen MR) is 115 cm³/mol. The van der Waals surface area contributed by atoms with Crippen molar-refractivity contribution in [1.29, 1.82) is 0 Å². The van der Waals surface area contributed by atoms with Crippen LogP contribution in [0.1, 0.15) is 18.9 Å². The number of imide groups is 1. The molecule has 0 bridgehead atoms. The molecule has 2 aromatic rings. The maximum Gasteiger partial charge on any atom is 0.268 e. The van der Waals surface area contributed by atoms with Gasteiger partial charge in [0.2, 0.25) is 0 Å². The second-order valence-corrected chi connectivity index (χ2v) is 7.85. The molecule has 0 unspecified atom stereocenters. The normalized spacial score (nSPS) is 14.1. The Morgan fingerprint density at radius 2 is 1.69 bits per heavy atom. The molecule has 29 heavy (non-hydrogen) atoms. The molecule has 0 saturated heterocycles. The topological polar surface area (TPSA) is 55.8 Å². The highest BCUT2D eigenvalue weighted by Crippen LogP contribution is 2.40. The zero-order chi connectivity index (χ0) is 20.8. The smallest absolute Gasteiger partial charge is 0.268 e. The summed E-state index contributed by atoms with van der Waals surface area (Å²) in [6.45, 7) is 3.27. The Morgan fingerprint density at radius 1 is 1.00 bits per heavy atom. The fraction of sp³-hybridized carbons (Fsp3) is 0.273. The van der Waals surface area contributed by atoms with E-state index in [4.69, 9.17) is 21.1 Å². The molecule has 0 radical (unpaired) electrons. The van der Waals surface area contributed by atoms with Crippen LogP contribution in [0, 0.1) is 0 Å². The van der Waals surface area contributed by atoms with Crippen molar-refractivity contribution in [3.63, 3.8) is 0 Å². The molecule has 0 fully saturated rings. The van der Waals surface area contributed by atoms with E-state index in [-0.39, 0.29) is 11.8 Å². The van der Waals surface area contributed by atoms with Gasteiger partial charge in [0, 0.05) is 30.2 Å². The van der Waals surface area contributed by atoms with Crippen molar-refractivity contribution >= 4 is 40.8 Å². The maximum absolute atomic E-state index is 13.1. The Morgan fingerprint density at radius 3 is 2.31 bits per heavy atom. The zero-order valence-corrected chi connectivity index (χ0v) is 17.9. The number of thioether (sulfide) groups is 1. The van der Waals surface area contributed by atoms with Gasteiger partial charge in [0.05, 0.1) is 17.1 Å². The highest BCUT2D eigenvalue weighted by molar-refractivity contribution is 8.04. The van der Waals surface area contributed by atoms with E-state index in [1.165, 1.54) is 16.7 Å². The van der Waals surface area contributed by atoms with E-state index in [0.717, 1.165) is 10.6 Å². The lowest BCUT2D eigenvalue weighted by molar-refractivity contribution is -0.136. The van der Waals surface area contributed by atoms with E-state index in [1.807, 2.05) is 43.3 Å². The van der Waals surface area contributed by atoms with Crippen LogP contribution in [0.3, 0.4) is 0 Å². The first-order chi connectivity index (χ1) is 14.0. The number of carbonyl (C=O) groups is 2. The number of halogens is 1. The number of hydrogen-bond donors (Lipinski definition) is 0. The maximum atomic E-state index is 13.1. The molecule has 0 N–H and O–H groups in total. The monoisotopic (exact) mass is 431 g/mol. The molecule has 5 nitrogen and oxygen atoms in total. The summed E-state index contributed by atoms with van der Waals surface area (Å²) in [5.41, 5.74) is 1.10. The number of rotatable bonds is 9. The van der Waals surface area contributed by atoms with Gasteiger partial charge in [0.25, 0.3) is 11.8 Å². The third-order valence-corrected chi connectivity index (χ3v) is 5.69. The van der Waals surface area contributed by atoms with Gasteiger partial charge in [0.15, 0.2) is 0 Å². The van der Waals surface area contributed by atoms with Gasteiger partial charge in [-0.3, -0.25) is 14.5 Å². The van der Waals surface area contributed by atoms with Crippen LogP contribution in [0.15, 0.2) is 58.3 Å². The van der Waals surface area contributed by atoms with Crippen LogP contribution in [-0.2, 0) is 14.3 Å². The SMILES string of the molecule is CCOc1ccc(C2=C(Sc3ccc(Cl)cc3)C(=O)N(CCCOC)C2=O)cc1.